The second-order valence-electron chi connectivity index (χ2n) is 9.64. The van der Waals surface area contributed by atoms with Crippen molar-refractivity contribution in [1.29, 1.82) is 0 Å². The number of rotatable bonds is 9. The summed E-state index contributed by atoms with van der Waals surface area (Å²) in [5.41, 5.74) is 8.42. The second kappa shape index (κ2) is 12.3. The van der Waals surface area contributed by atoms with Gasteiger partial charge < -0.3 is 26.0 Å². The van der Waals surface area contributed by atoms with Crippen molar-refractivity contribution in [2.24, 2.45) is 17.6 Å². The van der Waals surface area contributed by atoms with Crippen molar-refractivity contribution < 1.29 is 19.1 Å². The fraction of sp³-hybridized carbons (Fsp3) is 0.654. The fourth-order valence-electron chi connectivity index (χ4n) is 5.34. The van der Waals surface area contributed by atoms with Gasteiger partial charge in [0.05, 0.1) is 0 Å². The predicted octanol–water partition coefficient (Wildman–Crippen LogP) is 2.06. The van der Waals surface area contributed by atoms with Crippen molar-refractivity contribution in [2.45, 2.75) is 70.5 Å². The van der Waals surface area contributed by atoms with Crippen LogP contribution in [-0.2, 0) is 19.1 Å². The molecule has 1 unspecified atom stereocenters. The summed E-state index contributed by atoms with van der Waals surface area (Å²) in [6.45, 7) is 5.94. The van der Waals surface area contributed by atoms with Crippen molar-refractivity contribution >= 4 is 17.7 Å². The Hall–Kier alpha value is -2.45. The van der Waals surface area contributed by atoms with E-state index in [0.717, 1.165) is 43.6 Å². The van der Waals surface area contributed by atoms with E-state index in [1.807, 2.05) is 38.1 Å². The first-order valence-corrected chi connectivity index (χ1v) is 12.6. The highest BCUT2D eigenvalue weighted by atomic mass is 16.5. The van der Waals surface area contributed by atoms with Gasteiger partial charge in [-0.2, -0.15) is 0 Å². The fourth-order valence-corrected chi connectivity index (χ4v) is 5.34. The smallest absolute Gasteiger partial charge is 0.243 e. The van der Waals surface area contributed by atoms with Crippen molar-refractivity contribution in [3.8, 4) is 0 Å². The highest BCUT2D eigenvalue weighted by molar-refractivity contribution is 5.92. The molecule has 3 rings (SSSR count). The second-order valence-corrected chi connectivity index (χ2v) is 9.64. The van der Waals surface area contributed by atoms with Crippen LogP contribution in [0.2, 0.25) is 0 Å². The van der Waals surface area contributed by atoms with Gasteiger partial charge >= 0.3 is 0 Å². The molecule has 188 valence electrons. The molecule has 8 heteroatoms. The molecular weight excluding hydrogens is 432 g/mol. The van der Waals surface area contributed by atoms with Crippen LogP contribution in [0, 0.1) is 18.8 Å². The number of nitrogens with one attached hydrogen (secondary N) is 2. The van der Waals surface area contributed by atoms with Gasteiger partial charge in [0.25, 0.3) is 0 Å². The SMILES string of the molecule is CCC[C@H](NC(=O)[C@@H]1CC(C2CCOCC2)CN1C(=O)C[C@H](N)c1ccccc1C)C(=O)NC. The maximum Gasteiger partial charge on any atom is 0.243 e. The molecule has 4 N–H and O–H groups in total. The average Bonchev–Trinajstić information content (AvgIpc) is 3.30. The number of benzene rings is 1. The van der Waals surface area contributed by atoms with E-state index in [2.05, 4.69) is 10.6 Å². The Kier molecular flexibility index (Phi) is 9.47. The Morgan fingerprint density at radius 1 is 1.18 bits per heavy atom. The van der Waals surface area contributed by atoms with E-state index in [1.54, 1.807) is 11.9 Å². The molecule has 0 saturated carbocycles. The summed E-state index contributed by atoms with van der Waals surface area (Å²) in [6.07, 6.45) is 3.95. The lowest BCUT2D eigenvalue weighted by atomic mass is 9.84. The topological polar surface area (TPSA) is 114 Å². The molecule has 1 aromatic rings. The summed E-state index contributed by atoms with van der Waals surface area (Å²) in [6, 6.07) is 6.19. The largest absolute Gasteiger partial charge is 0.381 e. The van der Waals surface area contributed by atoms with Crippen molar-refractivity contribution in [3.63, 3.8) is 0 Å². The number of aryl methyl sites for hydroxylation is 1. The molecule has 4 atom stereocenters. The molecule has 2 aliphatic rings. The molecule has 0 spiro atoms. The number of carbonyl (C=O) groups excluding carboxylic acids is 3. The third-order valence-electron chi connectivity index (χ3n) is 7.33. The predicted molar refractivity (Wildman–Crippen MR) is 131 cm³/mol. The van der Waals surface area contributed by atoms with Crippen molar-refractivity contribution in [2.75, 3.05) is 26.8 Å². The zero-order chi connectivity index (χ0) is 24.7. The Balaban J connectivity index is 1.76. The molecule has 2 aliphatic heterocycles. The summed E-state index contributed by atoms with van der Waals surface area (Å²) < 4.78 is 5.52. The summed E-state index contributed by atoms with van der Waals surface area (Å²) in [7, 11) is 1.57. The molecule has 2 fully saturated rings. The number of carbonyl (C=O) groups is 3. The van der Waals surface area contributed by atoms with Gasteiger partial charge in [0.2, 0.25) is 17.7 Å². The number of nitrogens with zero attached hydrogens (tertiary/aromatic N) is 1. The molecule has 0 bridgehead atoms. The first-order valence-electron chi connectivity index (χ1n) is 12.6. The minimum Gasteiger partial charge on any atom is -0.381 e. The lowest BCUT2D eigenvalue weighted by molar-refractivity contribution is -0.139. The molecule has 2 saturated heterocycles. The van der Waals surface area contributed by atoms with Crippen LogP contribution in [0.3, 0.4) is 0 Å². The van der Waals surface area contributed by atoms with Crippen molar-refractivity contribution in [3.05, 3.63) is 35.4 Å². The van der Waals surface area contributed by atoms with Crippen LogP contribution in [0.25, 0.3) is 0 Å². The molecule has 0 radical (unpaired) electrons. The lowest BCUT2D eigenvalue weighted by Gasteiger charge is -2.28. The number of amides is 3. The van der Waals surface area contributed by atoms with Crippen LogP contribution in [0.1, 0.15) is 62.6 Å². The quantitative estimate of drug-likeness (QED) is 0.509. The molecule has 3 amide bonds. The van der Waals surface area contributed by atoms with Gasteiger partial charge in [0.15, 0.2) is 0 Å². The van der Waals surface area contributed by atoms with Crippen LogP contribution in [0.5, 0.6) is 0 Å². The molecule has 1 aromatic carbocycles. The van der Waals surface area contributed by atoms with Crippen LogP contribution in [0.4, 0.5) is 0 Å². The Bertz CT molecular complexity index is 855. The number of hydrogen-bond acceptors (Lipinski definition) is 5. The van der Waals surface area contributed by atoms with Crippen molar-refractivity contribution in [1.82, 2.24) is 15.5 Å². The average molecular weight is 473 g/mol. The molecule has 0 aliphatic carbocycles. The Labute approximate surface area is 203 Å². The summed E-state index contributed by atoms with van der Waals surface area (Å²) in [4.78, 5) is 40.8. The summed E-state index contributed by atoms with van der Waals surface area (Å²) in [5, 5.41) is 5.54. The van der Waals surface area contributed by atoms with Crippen LogP contribution in [-0.4, -0.2) is 61.5 Å². The first-order chi connectivity index (χ1) is 16.3. The highest BCUT2D eigenvalue weighted by Crippen LogP contribution is 2.35. The summed E-state index contributed by atoms with van der Waals surface area (Å²) in [5.74, 6) is 0.0840. The van der Waals surface area contributed by atoms with Gasteiger partial charge in [-0.15, -0.1) is 0 Å². The molecular formula is C26H40N4O4. The van der Waals surface area contributed by atoms with E-state index in [1.165, 1.54) is 0 Å². The third-order valence-corrected chi connectivity index (χ3v) is 7.33. The zero-order valence-electron chi connectivity index (χ0n) is 20.7. The van der Waals surface area contributed by atoms with Gasteiger partial charge in [-0.3, -0.25) is 14.4 Å². The molecule has 0 aromatic heterocycles. The minimum atomic E-state index is -0.601. The Morgan fingerprint density at radius 2 is 1.88 bits per heavy atom. The van der Waals surface area contributed by atoms with E-state index in [-0.39, 0.29) is 30.1 Å². The zero-order valence-corrected chi connectivity index (χ0v) is 20.7. The number of likely N-dealkylation sites (tertiary alicyclic amines) is 1. The highest BCUT2D eigenvalue weighted by Gasteiger charge is 2.43. The van der Waals surface area contributed by atoms with E-state index in [9.17, 15) is 14.4 Å². The normalized spacial score (nSPS) is 22.8. The van der Waals surface area contributed by atoms with Crippen LogP contribution >= 0.6 is 0 Å². The van der Waals surface area contributed by atoms with E-state index < -0.39 is 18.1 Å². The van der Waals surface area contributed by atoms with E-state index >= 15 is 0 Å². The van der Waals surface area contributed by atoms with Crippen LogP contribution < -0.4 is 16.4 Å². The lowest BCUT2D eigenvalue weighted by Crippen LogP contribution is -2.52. The van der Waals surface area contributed by atoms with Gasteiger partial charge in [0.1, 0.15) is 12.1 Å². The monoisotopic (exact) mass is 472 g/mol. The number of nitrogens with two attached hydrogens (primary N) is 1. The number of ether oxygens (including phenoxy) is 1. The summed E-state index contributed by atoms with van der Waals surface area (Å²) >= 11 is 0. The van der Waals surface area contributed by atoms with Gasteiger partial charge in [0, 0.05) is 39.3 Å². The van der Waals surface area contributed by atoms with Gasteiger partial charge in [-0.25, -0.2) is 0 Å². The number of likely N-dealkylation sites (N-methyl/N-ethyl adjacent to an activating group) is 1. The molecule has 34 heavy (non-hydrogen) atoms. The first kappa shape index (κ1) is 26.2. The minimum absolute atomic E-state index is 0.113. The molecule has 8 nitrogen and oxygen atoms in total. The Morgan fingerprint density at radius 3 is 2.53 bits per heavy atom. The van der Waals surface area contributed by atoms with Gasteiger partial charge in [-0.1, -0.05) is 37.6 Å². The molecule has 2 heterocycles. The van der Waals surface area contributed by atoms with Gasteiger partial charge in [-0.05, 0) is 55.6 Å². The van der Waals surface area contributed by atoms with E-state index in [4.69, 9.17) is 10.5 Å². The maximum absolute atomic E-state index is 13.4. The van der Waals surface area contributed by atoms with Crippen LogP contribution in [0.15, 0.2) is 24.3 Å². The maximum atomic E-state index is 13.4. The van der Waals surface area contributed by atoms with E-state index in [0.29, 0.717) is 25.3 Å². The third kappa shape index (κ3) is 6.36. The number of hydrogen-bond donors (Lipinski definition) is 3. The standard InChI is InChI=1S/C26H40N4O4/c1-4-7-22(25(32)28-3)29-26(33)23-14-19(18-10-12-34-13-11-18)16-30(23)24(31)15-21(27)20-9-6-5-8-17(20)2/h5-6,8-9,18-19,21-23H,4,7,10-16,27H2,1-3H3,(H,28,32)(H,29,33)/t19?,21-,22-,23-/m0/s1.